The van der Waals surface area contributed by atoms with Crippen molar-refractivity contribution >= 4 is 12.2 Å². The number of rotatable bonds is 7. The summed E-state index contributed by atoms with van der Waals surface area (Å²) in [6.45, 7) is 4.91. The maximum absolute atomic E-state index is 10.3. The monoisotopic (exact) mass is 406 g/mol. The number of phenols is 1. The Morgan fingerprint density at radius 3 is 2.53 bits per heavy atom. The lowest BCUT2D eigenvalue weighted by molar-refractivity contribution is 0.0360. The first kappa shape index (κ1) is 20.1. The van der Waals surface area contributed by atoms with Gasteiger partial charge >= 0.3 is 0 Å². The molecule has 0 spiro atoms. The van der Waals surface area contributed by atoms with Gasteiger partial charge in [0.2, 0.25) is 0 Å². The Bertz CT molecular complexity index is 992. The SMILES string of the molecule is COc1ccc(/C=C/c2nc(-c3ccccc3O)n(CCN3CCOCC3)n2)cc1. The molecule has 1 fully saturated rings. The highest BCUT2D eigenvalue weighted by molar-refractivity contribution is 5.69. The van der Waals surface area contributed by atoms with Gasteiger partial charge in [0.15, 0.2) is 11.6 Å². The number of benzene rings is 2. The number of para-hydroxylation sites is 1. The number of hydrogen-bond acceptors (Lipinski definition) is 6. The van der Waals surface area contributed by atoms with Crippen LogP contribution in [0.2, 0.25) is 0 Å². The van der Waals surface area contributed by atoms with E-state index in [1.807, 2.05) is 53.2 Å². The van der Waals surface area contributed by atoms with Crippen LogP contribution in [-0.4, -0.2) is 64.7 Å². The first-order chi connectivity index (χ1) is 14.7. The number of morpholine rings is 1. The number of aromatic hydroxyl groups is 1. The van der Waals surface area contributed by atoms with E-state index in [0.717, 1.165) is 44.2 Å². The Morgan fingerprint density at radius 2 is 1.80 bits per heavy atom. The van der Waals surface area contributed by atoms with Crippen molar-refractivity contribution in [3.8, 4) is 22.9 Å². The van der Waals surface area contributed by atoms with Crippen LogP contribution >= 0.6 is 0 Å². The molecule has 30 heavy (non-hydrogen) atoms. The molecule has 7 heteroatoms. The number of nitrogens with zero attached hydrogens (tertiary/aromatic N) is 4. The molecule has 0 atom stereocenters. The van der Waals surface area contributed by atoms with Gasteiger partial charge < -0.3 is 14.6 Å². The van der Waals surface area contributed by atoms with Gasteiger partial charge in [-0.15, -0.1) is 0 Å². The number of methoxy groups -OCH3 is 1. The predicted molar refractivity (Wildman–Crippen MR) is 116 cm³/mol. The third kappa shape index (κ3) is 4.87. The van der Waals surface area contributed by atoms with Crippen LogP contribution in [0, 0.1) is 0 Å². The number of aromatic nitrogens is 3. The molecule has 1 N–H and O–H groups in total. The van der Waals surface area contributed by atoms with Crippen molar-refractivity contribution in [3.05, 3.63) is 59.9 Å². The van der Waals surface area contributed by atoms with E-state index in [9.17, 15) is 5.11 Å². The molecule has 2 heterocycles. The Morgan fingerprint density at radius 1 is 1.03 bits per heavy atom. The molecular formula is C23H26N4O3. The van der Waals surface area contributed by atoms with E-state index in [2.05, 4.69) is 10.00 Å². The van der Waals surface area contributed by atoms with E-state index < -0.39 is 0 Å². The minimum absolute atomic E-state index is 0.197. The van der Waals surface area contributed by atoms with Crippen molar-refractivity contribution in [2.24, 2.45) is 0 Å². The van der Waals surface area contributed by atoms with Crippen LogP contribution in [0.4, 0.5) is 0 Å². The first-order valence-corrected chi connectivity index (χ1v) is 10.1. The number of phenolic OH excluding ortho intramolecular Hbond substituents is 1. The van der Waals surface area contributed by atoms with Crippen LogP contribution in [0.3, 0.4) is 0 Å². The molecule has 1 aliphatic rings. The Labute approximate surface area is 176 Å². The standard InChI is InChI=1S/C23H26N4O3/c1-29-19-9-6-18(7-10-19)8-11-22-24-23(20-4-2-3-5-21(20)28)27(25-22)13-12-26-14-16-30-17-15-26/h2-11,28H,12-17H2,1H3/b11-8+. The molecule has 7 nitrogen and oxygen atoms in total. The summed E-state index contributed by atoms with van der Waals surface area (Å²) in [5.74, 6) is 2.28. The zero-order valence-corrected chi connectivity index (χ0v) is 17.1. The van der Waals surface area contributed by atoms with Gasteiger partial charge in [0.1, 0.15) is 11.5 Å². The van der Waals surface area contributed by atoms with E-state index >= 15 is 0 Å². The Balaban J connectivity index is 1.57. The minimum atomic E-state index is 0.197. The smallest absolute Gasteiger partial charge is 0.174 e. The molecule has 0 aliphatic carbocycles. The Kier molecular flexibility index (Phi) is 6.41. The van der Waals surface area contributed by atoms with Gasteiger partial charge in [-0.3, -0.25) is 4.90 Å². The molecule has 156 valence electrons. The topological polar surface area (TPSA) is 72.6 Å². The molecule has 1 saturated heterocycles. The van der Waals surface area contributed by atoms with Gasteiger partial charge in [0.05, 0.1) is 32.4 Å². The average Bonchev–Trinajstić information content (AvgIpc) is 3.20. The molecule has 1 aliphatic heterocycles. The van der Waals surface area contributed by atoms with Crippen molar-refractivity contribution in [3.63, 3.8) is 0 Å². The summed E-state index contributed by atoms with van der Waals surface area (Å²) in [6.07, 6.45) is 3.85. The van der Waals surface area contributed by atoms with E-state index in [-0.39, 0.29) is 5.75 Å². The predicted octanol–water partition coefficient (Wildman–Crippen LogP) is 3.16. The van der Waals surface area contributed by atoms with E-state index in [1.54, 1.807) is 19.2 Å². The van der Waals surface area contributed by atoms with Crippen LogP contribution in [0.1, 0.15) is 11.4 Å². The van der Waals surface area contributed by atoms with Crippen molar-refractivity contribution in [2.75, 3.05) is 40.0 Å². The third-order valence-electron chi connectivity index (χ3n) is 5.11. The molecule has 0 bridgehead atoms. The van der Waals surface area contributed by atoms with Crippen molar-refractivity contribution in [1.29, 1.82) is 0 Å². The molecule has 0 unspecified atom stereocenters. The summed E-state index contributed by atoms with van der Waals surface area (Å²) in [5.41, 5.74) is 1.71. The lowest BCUT2D eigenvalue weighted by atomic mass is 10.2. The molecule has 4 rings (SSSR count). The highest BCUT2D eigenvalue weighted by atomic mass is 16.5. The highest BCUT2D eigenvalue weighted by Gasteiger charge is 2.16. The van der Waals surface area contributed by atoms with Crippen LogP contribution in [0.5, 0.6) is 11.5 Å². The summed E-state index contributed by atoms with van der Waals surface area (Å²) in [4.78, 5) is 7.04. The normalized spacial score (nSPS) is 15.0. The van der Waals surface area contributed by atoms with Crippen LogP contribution in [-0.2, 0) is 11.3 Å². The van der Waals surface area contributed by atoms with Gasteiger partial charge in [-0.05, 0) is 35.9 Å². The van der Waals surface area contributed by atoms with Crippen LogP contribution < -0.4 is 4.74 Å². The van der Waals surface area contributed by atoms with Gasteiger partial charge in [0, 0.05) is 19.6 Å². The number of hydrogen-bond donors (Lipinski definition) is 1. The van der Waals surface area contributed by atoms with Crippen molar-refractivity contribution in [2.45, 2.75) is 6.54 Å². The van der Waals surface area contributed by atoms with E-state index in [0.29, 0.717) is 23.8 Å². The summed E-state index contributed by atoms with van der Waals surface area (Å²) >= 11 is 0. The second-order valence-corrected chi connectivity index (χ2v) is 7.09. The molecular weight excluding hydrogens is 380 g/mol. The van der Waals surface area contributed by atoms with E-state index in [1.165, 1.54) is 0 Å². The minimum Gasteiger partial charge on any atom is -0.507 e. The van der Waals surface area contributed by atoms with Gasteiger partial charge in [-0.2, -0.15) is 5.10 Å². The third-order valence-corrected chi connectivity index (χ3v) is 5.11. The molecule has 0 amide bonds. The largest absolute Gasteiger partial charge is 0.507 e. The zero-order chi connectivity index (χ0) is 20.8. The second-order valence-electron chi connectivity index (χ2n) is 7.09. The zero-order valence-electron chi connectivity index (χ0n) is 17.1. The number of ether oxygens (including phenoxy) is 2. The Hall–Kier alpha value is -3.16. The molecule has 2 aromatic carbocycles. The fourth-order valence-electron chi connectivity index (χ4n) is 3.39. The van der Waals surface area contributed by atoms with E-state index in [4.69, 9.17) is 14.5 Å². The second kappa shape index (κ2) is 9.56. The quantitative estimate of drug-likeness (QED) is 0.650. The first-order valence-electron chi connectivity index (χ1n) is 10.1. The van der Waals surface area contributed by atoms with Gasteiger partial charge in [-0.1, -0.05) is 30.3 Å². The maximum atomic E-state index is 10.3. The van der Waals surface area contributed by atoms with Crippen LogP contribution in [0.15, 0.2) is 48.5 Å². The molecule has 0 saturated carbocycles. The van der Waals surface area contributed by atoms with Gasteiger partial charge in [0.25, 0.3) is 0 Å². The summed E-state index contributed by atoms with van der Waals surface area (Å²) in [6, 6.07) is 15.0. The lowest BCUT2D eigenvalue weighted by Gasteiger charge is -2.26. The fourth-order valence-corrected chi connectivity index (χ4v) is 3.39. The summed E-state index contributed by atoms with van der Waals surface area (Å²) in [7, 11) is 1.65. The summed E-state index contributed by atoms with van der Waals surface area (Å²) in [5, 5.41) is 15.0. The van der Waals surface area contributed by atoms with Crippen LogP contribution in [0.25, 0.3) is 23.5 Å². The molecule has 3 aromatic rings. The summed E-state index contributed by atoms with van der Waals surface area (Å²) < 4.78 is 12.5. The maximum Gasteiger partial charge on any atom is 0.174 e. The van der Waals surface area contributed by atoms with Crippen molar-refractivity contribution in [1.82, 2.24) is 19.7 Å². The van der Waals surface area contributed by atoms with Crippen molar-refractivity contribution < 1.29 is 14.6 Å². The lowest BCUT2D eigenvalue weighted by Crippen LogP contribution is -2.38. The highest BCUT2D eigenvalue weighted by Crippen LogP contribution is 2.27. The average molecular weight is 406 g/mol. The fraction of sp³-hybridized carbons (Fsp3) is 0.304. The van der Waals surface area contributed by atoms with Gasteiger partial charge in [-0.25, -0.2) is 9.67 Å². The molecule has 0 radical (unpaired) electrons. The molecule has 1 aromatic heterocycles.